The number of hydrogen-bond donors (Lipinski definition) is 3. The Morgan fingerprint density at radius 3 is 2.69 bits per heavy atom. The number of hydrogen-bond acceptors (Lipinski definition) is 3. The zero-order valence-electron chi connectivity index (χ0n) is 6.74. The Bertz CT molecular complexity index is 471. The van der Waals surface area contributed by atoms with Gasteiger partial charge in [-0.25, -0.2) is 9.89 Å². The molecule has 1 aromatic carbocycles. The van der Waals surface area contributed by atoms with Crippen molar-refractivity contribution in [3.05, 3.63) is 34.7 Å². The molecule has 0 aliphatic carbocycles. The number of nitrogens with one attached hydrogen (secondary N) is 2. The topological polar surface area (TPSA) is 87.6 Å². The molecule has 1 aromatic heterocycles. The predicted molar refractivity (Wildman–Crippen MR) is 49.1 cm³/mol. The summed E-state index contributed by atoms with van der Waals surface area (Å²) in [4.78, 5) is 13.3. The molecule has 1 heterocycles. The van der Waals surface area contributed by atoms with Crippen molar-refractivity contribution in [2.45, 2.75) is 0 Å². The van der Waals surface area contributed by atoms with Crippen LogP contribution in [-0.4, -0.2) is 15.2 Å². The normalized spacial score (nSPS) is 10.2. The van der Waals surface area contributed by atoms with Crippen LogP contribution in [0.1, 0.15) is 0 Å². The number of nitrogens with zero attached hydrogens (tertiary/aromatic N) is 1. The molecule has 0 atom stereocenters. The van der Waals surface area contributed by atoms with Gasteiger partial charge in [0.2, 0.25) is 0 Å². The van der Waals surface area contributed by atoms with Crippen molar-refractivity contribution in [3.63, 3.8) is 0 Å². The second kappa shape index (κ2) is 2.78. The van der Waals surface area contributed by atoms with E-state index in [2.05, 4.69) is 15.2 Å². The molecular weight excluding hydrogens is 168 g/mol. The number of para-hydroxylation sites is 1. The van der Waals surface area contributed by atoms with E-state index in [-0.39, 0.29) is 5.69 Å². The summed E-state index contributed by atoms with van der Waals surface area (Å²) < 4.78 is 0. The fourth-order valence-corrected chi connectivity index (χ4v) is 1.11. The molecule has 0 aliphatic rings. The second-order valence-corrected chi connectivity index (χ2v) is 2.61. The maximum Gasteiger partial charge on any atom is 0.340 e. The predicted octanol–water partition coefficient (Wildman–Crippen LogP) is 0.347. The van der Waals surface area contributed by atoms with E-state index in [0.29, 0.717) is 11.5 Å². The minimum absolute atomic E-state index is 0.335. The van der Waals surface area contributed by atoms with Crippen LogP contribution in [0.4, 0.5) is 5.69 Å². The number of anilines is 1. The summed E-state index contributed by atoms with van der Waals surface area (Å²) in [6.45, 7) is 0. The molecule has 0 unspecified atom stereocenters. The average Bonchev–Trinajstić information content (AvgIpc) is 2.53. The van der Waals surface area contributed by atoms with Gasteiger partial charge in [0.25, 0.3) is 0 Å². The second-order valence-electron chi connectivity index (χ2n) is 2.61. The summed E-state index contributed by atoms with van der Waals surface area (Å²) >= 11 is 0. The van der Waals surface area contributed by atoms with E-state index in [1.165, 1.54) is 0 Å². The highest BCUT2D eigenvalue weighted by molar-refractivity contribution is 5.70. The van der Waals surface area contributed by atoms with Gasteiger partial charge in [0.15, 0.2) is 5.82 Å². The lowest BCUT2D eigenvalue weighted by Gasteiger charge is -1.98. The number of aromatic nitrogens is 3. The van der Waals surface area contributed by atoms with Crippen molar-refractivity contribution in [2.24, 2.45) is 0 Å². The van der Waals surface area contributed by atoms with Crippen LogP contribution >= 0.6 is 0 Å². The lowest BCUT2D eigenvalue weighted by Crippen LogP contribution is -2.00. The summed E-state index contributed by atoms with van der Waals surface area (Å²) in [7, 11) is 0. The lowest BCUT2D eigenvalue weighted by molar-refractivity contribution is 1.05. The van der Waals surface area contributed by atoms with Crippen molar-refractivity contribution >= 4 is 5.69 Å². The molecular formula is C8H8N4O. The summed E-state index contributed by atoms with van der Waals surface area (Å²) in [6, 6.07) is 7.20. The van der Waals surface area contributed by atoms with E-state index in [9.17, 15) is 4.79 Å². The fourth-order valence-electron chi connectivity index (χ4n) is 1.11. The third-order valence-corrected chi connectivity index (χ3v) is 1.72. The molecule has 0 amide bonds. The van der Waals surface area contributed by atoms with Crippen LogP contribution < -0.4 is 11.4 Å². The van der Waals surface area contributed by atoms with Gasteiger partial charge in [-0.1, -0.05) is 12.1 Å². The molecule has 0 aliphatic heterocycles. The maximum atomic E-state index is 10.8. The maximum absolute atomic E-state index is 10.8. The fraction of sp³-hybridized carbons (Fsp3) is 0. The summed E-state index contributed by atoms with van der Waals surface area (Å²) in [6.07, 6.45) is 0. The number of nitrogen functional groups attached to an aromatic ring is 1. The third kappa shape index (κ3) is 1.31. The van der Waals surface area contributed by atoms with E-state index in [1.807, 2.05) is 12.1 Å². The van der Waals surface area contributed by atoms with Crippen LogP contribution in [0.15, 0.2) is 29.1 Å². The highest BCUT2D eigenvalue weighted by atomic mass is 16.1. The Balaban J connectivity index is 2.58. The Morgan fingerprint density at radius 2 is 2.08 bits per heavy atom. The summed E-state index contributed by atoms with van der Waals surface area (Å²) in [5.74, 6) is 0.461. The smallest absolute Gasteiger partial charge is 0.340 e. The minimum atomic E-state index is -0.335. The molecule has 0 spiro atoms. The SMILES string of the molecule is Nc1ccccc1-c1n[nH]c(=O)[nH]1. The van der Waals surface area contributed by atoms with Crippen LogP contribution in [0.3, 0.4) is 0 Å². The molecule has 66 valence electrons. The van der Waals surface area contributed by atoms with Crippen molar-refractivity contribution in [1.29, 1.82) is 0 Å². The largest absolute Gasteiger partial charge is 0.398 e. The van der Waals surface area contributed by atoms with Crippen molar-refractivity contribution in [3.8, 4) is 11.4 Å². The zero-order valence-corrected chi connectivity index (χ0v) is 6.74. The first-order valence-corrected chi connectivity index (χ1v) is 3.77. The molecule has 0 saturated carbocycles. The molecule has 5 nitrogen and oxygen atoms in total. The van der Waals surface area contributed by atoms with Crippen molar-refractivity contribution in [1.82, 2.24) is 15.2 Å². The van der Waals surface area contributed by atoms with Gasteiger partial charge in [-0.2, -0.15) is 5.10 Å². The molecule has 0 saturated heterocycles. The number of H-pyrrole nitrogens is 2. The van der Waals surface area contributed by atoms with Crippen molar-refractivity contribution < 1.29 is 0 Å². The van der Waals surface area contributed by atoms with Gasteiger partial charge in [0.1, 0.15) is 0 Å². The molecule has 2 rings (SSSR count). The standard InChI is InChI=1S/C8H8N4O/c9-6-4-2-1-3-5(6)7-10-8(13)12-11-7/h1-4H,9H2,(H2,10,11,12,13). The van der Waals surface area contributed by atoms with E-state index in [0.717, 1.165) is 5.56 Å². The van der Waals surface area contributed by atoms with Crippen LogP contribution in [-0.2, 0) is 0 Å². The quantitative estimate of drug-likeness (QED) is 0.548. The van der Waals surface area contributed by atoms with Crippen LogP contribution in [0.2, 0.25) is 0 Å². The van der Waals surface area contributed by atoms with E-state index >= 15 is 0 Å². The van der Waals surface area contributed by atoms with Gasteiger partial charge in [-0.15, -0.1) is 0 Å². The zero-order chi connectivity index (χ0) is 9.26. The monoisotopic (exact) mass is 176 g/mol. The van der Waals surface area contributed by atoms with Crippen LogP contribution in [0.5, 0.6) is 0 Å². The van der Waals surface area contributed by atoms with Gasteiger partial charge in [-0.3, -0.25) is 4.98 Å². The highest BCUT2D eigenvalue weighted by Gasteiger charge is 2.04. The first-order chi connectivity index (χ1) is 6.27. The van der Waals surface area contributed by atoms with Crippen LogP contribution in [0.25, 0.3) is 11.4 Å². The molecule has 0 radical (unpaired) electrons. The summed E-state index contributed by atoms with van der Waals surface area (Å²) in [5, 5.41) is 6.05. The number of rotatable bonds is 1. The molecule has 4 N–H and O–H groups in total. The van der Waals surface area contributed by atoms with E-state index in [1.54, 1.807) is 12.1 Å². The van der Waals surface area contributed by atoms with E-state index in [4.69, 9.17) is 5.73 Å². The highest BCUT2D eigenvalue weighted by Crippen LogP contribution is 2.19. The first kappa shape index (κ1) is 7.60. The Kier molecular flexibility index (Phi) is 1.63. The van der Waals surface area contributed by atoms with Gasteiger partial charge in [0.05, 0.1) is 0 Å². The van der Waals surface area contributed by atoms with E-state index < -0.39 is 0 Å². The number of benzene rings is 1. The Hall–Kier alpha value is -2.04. The lowest BCUT2D eigenvalue weighted by atomic mass is 10.2. The first-order valence-electron chi connectivity index (χ1n) is 3.77. The molecule has 0 fully saturated rings. The Labute approximate surface area is 73.6 Å². The van der Waals surface area contributed by atoms with Gasteiger partial charge in [-0.05, 0) is 12.1 Å². The van der Waals surface area contributed by atoms with Gasteiger partial charge >= 0.3 is 5.69 Å². The number of aromatic amines is 2. The average molecular weight is 176 g/mol. The molecule has 2 aromatic rings. The summed E-state index contributed by atoms with van der Waals surface area (Å²) in [5.41, 5.74) is 6.66. The molecule has 5 heteroatoms. The number of nitrogens with two attached hydrogens (primary N) is 1. The van der Waals surface area contributed by atoms with Gasteiger partial charge < -0.3 is 5.73 Å². The third-order valence-electron chi connectivity index (χ3n) is 1.72. The van der Waals surface area contributed by atoms with Crippen LogP contribution in [0, 0.1) is 0 Å². The van der Waals surface area contributed by atoms with Gasteiger partial charge in [0, 0.05) is 11.3 Å². The molecule has 0 bridgehead atoms. The molecule has 13 heavy (non-hydrogen) atoms. The Morgan fingerprint density at radius 1 is 1.31 bits per heavy atom. The minimum Gasteiger partial charge on any atom is -0.398 e. The van der Waals surface area contributed by atoms with Crippen molar-refractivity contribution in [2.75, 3.05) is 5.73 Å².